The van der Waals surface area contributed by atoms with Gasteiger partial charge in [0.05, 0.1) is 5.75 Å². The largest absolute Gasteiger partial charge is 0.353 e. The van der Waals surface area contributed by atoms with Crippen molar-refractivity contribution in [1.82, 2.24) is 9.62 Å². The Balaban J connectivity index is 1.89. The van der Waals surface area contributed by atoms with Crippen molar-refractivity contribution in [1.29, 1.82) is 0 Å². The molecule has 0 saturated carbocycles. The maximum atomic E-state index is 12.6. The highest BCUT2D eigenvalue weighted by molar-refractivity contribution is 9.10. The summed E-state index contributed by atoms with van der Waals surface area (Å²) in [5.74, 6) is -0.0294. The molecule has 2 rings (SSSR count). The highest BCUT2D eigenvalue weighted by Crippen LogP contribution is 2.23. The van der Waals surface area contributed by atoms with Gasteiger partial charge in [-0.15, -0.1) is 0 Å². The first-order chi connectivity index (χ1) is 11.8. The van der Waals surface area contributed by atoms with Gasteiger partial charge >= 0.3 is 0 Å². The molecule has 140 valence electrons. The Hall–Kier alpha value is -0.920. The summed E-state index contributed by atoms with van der Waals surface area (Å²) in [5, 5.41) is 3.04. The van der Waals surface area contributed by atoms with Gasteiger partial charge in [0.1, 0.15) is 0 Å². The van der Waals surface area contributed by atoms with Crippen LogP contribution in [0.3, 0.4) is 0 Å². The topological polar surface area (TPSA) is 66.5 Å². The van der Waals surface area contributed by atoms with Crippen molar-refractivity contribution >= 4 is 31.9 Å². The van der Waals surface area contributed by atoms with Crippen molar-refractivity contribution in [2.45, 2.75) is 51.3 Å². The number of amides is 1. The second-order valence-corrected chi connectivity index (χ2v) is 9.64. The molecule has 1 fully saturated rings. The molecule has 0 unspecified atom stereocenters. The summed E-state index contributed by atoms with van der Waals surface area (Å²) in [6.07, 6.45) is 3.17. The van der Waals surface area contributed by atoms with E-state index in [9.17, 15) is 13.2 Å². The highest BCUT2D eigenvalue weighted by Gasteiger charge is 2.31. The van der Waals surface area contributed by atoms with E-state index in [-0.39, 0.29) is 23.6 Å². The Morgan fingerprint density at radius 3 is 2.64 bits per heavy atom. The second kappa shape index (κ2) is 9.14. The Bertz CT molecular complexity index is 685. The molecule has 25 heavy (non-hydrogen) atoms. The Labute approximate surface area is 159 Å². The minimum atomic E-state index is -3.35. The number of halogens is 1. The molecule has 1 aliphatic rings. The van der Waals surface area contributed by atoms with Crippen LogP contribution in [0.4, 0.5) is 0 Å². The molecular weight excluding hydrogens is 404 g/mol. The summed E-state index contributed by atoms with van der Waals surface area (Å²) < 4.78 is 27.6. The Morgan fingerprint density at radius 2 is 2.04 bits per heavy atom. The van der Waals surface area contributed by atoms with E-state index in [0.29, 0.717) is 25.9 Å². The van der Waals surface area contributed by atoms with Crippen LogP contribution in [0.2, 0.25) is 0 Å². The molecule has 1 aromatic rings. The zero-order chi connectivity index (χ0) is 18.4. The monoisotopic (exact) mass is 430 g/mol. The fraction of sp³-hybridized carbons (Fsp3) is 0.611. The maximum Gasteiger partial charge on any atom is 0.223 e. The van der Waals surface area contributed by atoms with E-state index in [2.05, 4.69) is 28.2 Å². The van der Waals surface area contributed by atoms with Gasteiger partial charge in [0.15, 0.2) is 0 Å². The number of carbonyl (C=O) groups is 1. The molecule has 1 heterocycles. The number of piperidine rings is 1. The second-order valence-electron chi connectivity index (χ2n) is 6.76. The molecule has 1 aliphatic heterocycles. The summed E-state index contributed by atoms with van der Waals surface area (Å²) in [5.41, 5.74) is 0.766. The van der Waals surface area contributed by atoms with E-state index in [1.165, 1.54) is 4.31 Å². The van der Waals surface area contributed by atoms with Gasteiger partial charge in [-0.3, -0.25) is 4.79 Å². The SMILES string of the molecule is CCC[C@H](C)NC(=O)C1CCN(S(=O)(=O)Cc2cccc(Br)c2)CC1. The third-order valence-electron chi connectivity index (χ3n) is 4.57. The molecule has 1 aromatic carbocycles. The number of nitrogens with zero attached hydrogens (tertiary/aromatic N) is 1. The minimum Gasteiger partial charge on any atom is -0.353 e. The average Bonchev–Trinajstić information content (AvgIpc) is 2.54. The lowest BCUT2D eigenvalue weighted by atomic mass is 9.96. The van der Waals surface area contributed by atoms with Gasteiger partial charge in [0.2, 0.25) is 15.9 Å². The molecule has 7 heteroatoms. The van der Waals surface area contributed by atoms with E-state index >= 15 is 0 Å². The summed E-state index contributed by atoms with van der Waals surface area (Å²) in [6, 6.07) is 7.53. The van der Waals surface area contributed by atoms with Gasteiger partial charge in [-0.2, -0.15) is 0 Å². The lowest BCUT2D eigenvalue weighted by Gasteiger charge is -2.31. The zero-order valence-corrected chi connectivity index (χ0v) is 17.3. The molecule has 1 atom stereocenters. The fourth-order valence-corrected chi connectivity index (χ4v) is 5.19. The van der Waals surface area contributed by atoms with Crippen LogP contribution in [0.5, 0.6) is 0 Å². The van der Waals surface area contributed by atoms with Crippen LogP contribution in [0.15, 0.2) is 28.7 Å². The average molecular weight is 431 g/mol. The fourth-order valence-electron chi connectivity index (χ4n) is 3.19. The van der Waals surface area contributed by atoms with Crippen LogP contribution in [0.1, 0.15) is 45.1 Å². The van der Waals surface area contributed by atoms with Crippen molar-refractivity contribution < 1.29 is 13.2 Å². The van der Waals surface area contributed by atoms with E-state index in [1.54, 1.807) is 0 Å². The number of hydrogen-bond donors (Lipinski definition) is 1. The lowest BCUT2D eigenvalue weighted by molar-refractivity contribution is -0.126. The molecule has 1 saturated heterocycles. The van der Waals surface area contributed by atoms with Crippen molar-refractivity contribution in [2.24, 2.45) is 5.92 Å². The smallest absolute Gasteiger partial charge is 0.223 e. The maximum absolute atomic E-state index is 12.6. The first-order valence-corrected chi connectivity index (χ1v) is 11.2. The molecule has 0 radical (unpaired) electrons. The van der Waals surface area contributed by atoms with Crippen LogP contribution in [0, 0.1) is 5.92 Å². The van der Waals surface area contributed by atoms with Gasteiger partial charge in [-0.25, -0.2) is 12.7 Å². The van der Waals surface area contributed by atoms with Gasteiger partial charge in [0, 0.05) is 29.5 Å². The summed E-state index contributed by atoms with van der Waals surface area (Å²) in [4.78, 5) is 12.3. The van der Waals surface area contributed by atoms with E-state index in [0.717, 1.165) is 22.9 Å². The van der Waals surface area contributed by atoms with Crippen LogP contribution >= 0.6 is 15.9 Å². The standard InChI is InChI=1S/C18H27BrN2O3S/c1-3-5-14(2)20-18(22)16-8-10-21(11-9-16)25(23,24)13-15-6-4-7-17(19)12-15/h4,6-7,12,14,16H,3,5,8-11,13H2,1-2H3,(H,20,22)/t14-/m0/s1. The molecule has 5 nitrogen and oxygen atoms in total. The third-order valence-corrected chi connectivity index (χ3v) is 6.91. The van der Waals surface area contributed by atoms with Gasteiger partial charge in [-0.1, -0.05) is 41.4 Å². The van der Waals surface area contributed by atoms with E-state index in [4.69, 9.17) is 0 Å². The van der Waals surface area contributed by atoms with Crippen LogP contribution in [-0.2, 0) is 20.6 Å². The van der Waals surface area contributed by atoms with Crippen molar-refractivity contribution in [2.75, 3.05) is 13.1 Å². The number of rotatable bonds is 7. The van der Waals surface area contributed by atoms with Gasteiger partial charge < -0.3 is 5.32 Å². The Morgan fingerprint density at radius 1 is 1.36 bits per heavy atom. The number of nitrogens with one attached hydrogen (secondary N) is 1. The quantitative estimate of drug-likeness (QED) is 0.721. The zero-order valence-electron chi connectivity index (χ0n) is 14.9. The van der Waals surface area contributed by atoms with Gasteiger partial charge in [-0.05, 0) is 43.9 Å². The highest BCUT2D eigenvalue weighted by atomic mass is 79.9. The number of carbonyl (C=O) groups excluding carboxylic acids is 1. The van der Waals surface area contributed by atoms with Crippen molar-refractivity contribution in [3.63, 3.8) is 0 Å². The minimum absolute atomic E-state index is 0.00314. The normalized spacial score (nSPS) is 18.0. The summed E-state index contributed by atoms with van der Waals surface area (Å²) in [7, 11) is -3.35. The Kier molecular flexibility index (Phi) is 7.46. The molecule has 0 aliphatic carbocycles. The predicted molar refractivity (Wildman–Crippen MR) is 104 cm³/mol. The van der Waals surface area contributed by atoms with Crippen LogP contribution in [-0.4, -0.2) is 37.8 Å². The summed E-state index contributed by atoms with van der Waals surface area (Å²) in [6.45, 7) is 4.93. The number of sulfonamides is 1. The molecule has 0 spiro atoms. The first-order valence-electron chi connectivity index (χ1n) is 8.84. The molecule has 0 bridgehead atoms. The molecular formula is C18H27BrN2O3S. The molecule has 1 amide bonds. The number of hydrogen-bond acceptors (Lipinski definition) is 3. The lowest BCUT2D eigenvalue weighted by Crippen LogP contribution is -2.45. The number of benzene rings is 1. The van der Waals surface area contributed by atoms with Crippen molar-refractivity contribution in [3.8, 4) is 0 Å². The van der Waals surface area contributed by atoms with E-state index in [1.807, 2.05) is 31.2 Å². The van der Waals surface area contributed by atoms with Crippen LogP contribution in [0.25, 0.3) is 0 Å². The van der Waals surface area contributed by atoms with Crippen LogP contribution < -0.4 is 5.32 Å². The van der Waals surface area contributed by atoms with Gasteiger partial charge in [0.25, 0.3) is 0 Å². The summed E-state index contributed by atoms with van der Waals surface area (Å²) >= 11 is 3.37. The predicted octanol–water partition coefficient (Wildman–Crippen LogP) is 3.30. The first kappa shape index (κ1) is 20.4. The van der Waals surface area contributed by atoms with Crippen molar-refractivity contribution in [3.05, 3.63) is 34.3 Å². The molecule has 0 aromatic heterocycles. The third kappa shape index (κ3) is 6.08. The molecule has 1 N–H and O–H groups in total. The van der Waals surface area contributed by atoms with E-state index < -0.39 is 10.0 Å².